The van der Waals surface area contributed by atoms with Crippen LogP contribution in [0.2, 0.25) is 0 Å². The van der Waals surface area contributed by atoms with Crippen molar-refractivity contribution < 1.29 is 19.0 Å². The zero-order valence-electron chi connectivity index (χ0n) is 13.2. The molecule has 1 unspecified atom stereocenters. The van der Waals surface area contributed by atoms with Crippen LogP contribution in [0, 0.1) is 5.92 Å². The Hall–Kier alpha value is -1.39. The molecule has 0 aliphatic rings. The number of esters is 1. The monoisotopic (exact) mass is 294 g/mol. The number of ether oxygens (including phenoxy) is 3. The molecule has 0 heterocycles. The van der Waals surface area contributed by atoms with Gasteiger partial charge in [0.25, 0.3) is 0 Å². The Bertz CT molecular complexity index is 385. The van der Waals surface area contributed by atoms with Gasteiger partial charge in [0, 0.05) is 19.1 Å². The Kier molecular flexibility index (Phi) is 8.71. The normalized spacial score (nSPS) is 12.4. The van der Waals surface area contributed by atoms with Crippen molar-refractivity contribution in [2.75, 3.05) is 19.8 Å². The van der Waals surface area contributed by atoms with Crippen LogP contribution in [-0.2, 0) is 25.4 Å². The van der Waals surface area contributed by atoms with Crippen molar-refractivity contribution in [2.24, 2.45) is 5.92 Å². The summed E-state index contributed by atoms with van der Waals surface area (Å²) in [4.78, 5) is 11.8. The Balaban J connectivity index is 2.78. The van der Waals surface area contributed by atoms with Crippen molar-refractivity contribution in [2.45, 2.75) is 39.9 Å². The lowest BCUT2D eigenvalue weighted by molar-refractivity contribution is -0.176. The van der Waals surface area contributed by atoms with Crippen LogP contribution >= 0.6 is 0 Å². The fourth-order valence-corrected chi connectivity index (χ4v) is 2.26. The minimum Gasteiger partial charge on any atom is -0.466 e. The van der Waals surface area contributed by atoms with Crippen molar-refractivity contribution in [1.29, 1.82) is 0 Å². The molecule has 4 heteroatoms. The molecule has 0 radical (unpaired) electrons. The van der Waals surface area contributed by atoms with E-state index in [1.54, 1.807) is 0 Å². The quantitative estimate of drug-likeness (QED) is 0.491. The topological polar surface area (TPSA) is 44.8 Å². The number of hydrogen-bond acceptors (Lipinski definition) is 4. The number of carbonyl (C=O) groups is 1. The van der Waals surface area contributed by atoms with Crippen LogP contribution in [0.25, 0.3) is 0 Å². The molecule has 0 bridgehead atoms. The smallest absolute Gasteiger partial charge is 0.306 e. The largest absolute Gasteiger partial charge is 0.466 e. The van der Waals surface area contributed by atoms with Gasteiger partial charge in [0.15, 0.2) is 6.29 Å². The van der Waals surface area contributed by atoms with Crippen molar-refractivity contribution in [3.63, 3.8) is 0 Å². The van der Waals surface area contributed by atoms with Crippen molar-refractivity contribution >= 4 is 5.97 Å². The van der Waals surface area contributed by atoms with E-state index in [-0.39, 0.29) is 18.2 Å². The highest BCUT2D eigenvalue weighted by Crippen LogP contribution is 2.21. The Labute approximate surface area is 127 Å². The van der Waals surface area contributed by atoms with Crippen LogP contribution in [0.1, 0.15) is 32.8 Å². The molecule has 1 atom stereocenters. The molecule has 0 fully saturated rings. The highest BCUT2D eigenvalue weighted by molar-refractivity contribution is 5.69. The summed E-state index contributed by atoms with van der Waals surface area (Å²) in [7, 11) is 0. The van der Waals surface area contributed by atoms with E-state index in [4.69, 9.17) is 14.2 Å². The minimum atomic E-state index is -0.385. The maximum Gasteiger partial charge on any atom is 0.306 e. The van der Waals surface area contributed by atoms with Crippen LogP contribution < -0.4 is 0 Å². The molecule has 0 spiro atoms. The minimum absolute atomic E-state index is 0.0497. The number of carbonyl (C=O) groups excluding carboxylic acids is 1. The van der Waals surface area contributed by atoms with Gasteiger partial charge in [0.05, 0.1) is 13.0 Å². The fourth-order valence-electron chi connectivity index (χ4n) is 2.26. The third-order valence-electron chi connectivity index (χ3n) is 3.12. The average molecular weight is 294 g/mol. The van der Waals surface area contributed by atoms with Gasteiger partial charge in [-0.1, -0.05) is 30.3 Å². The summed E-state index contributed by atoms with van der Waals surface area (Å²) in [5, 5.41) is 0. The van der Waals surface area contributed by atoms with Crippen LogP contribution in [0.4, 0.5) is 0 Å². The third-order valence-corrected chi connectivity index (χ3v) is 3.12. The van der Waals surface area contributed by atoms with Gasteiger partial charge in [-0.05, 0) is 32.8 Å². The van der Waals surface area contributed by atoms with Gasteiger partial charge in [-0.25, -0.2) is 0 Å². The molecule has 0 aliphatic heterocycles. The summed E-state index contributed by atoms with van der Waals surface area (Å²) >= 11 is 0. The molecular formula is C17H26O4. The molecule has 0 N–H and O–H groups in total. The number of rotatable bonds is 10. The predicted molar refractivity (Wildman–Crippen MR) is 81.9 cm³/mol. The summed E-state index contributed by atoms with van der Waals surface area (Å²) in [6.07, 6.45) is 0.641. The molecule has 1 aromatic rings. The molecule has 1 aromatic carbocycles. The van der Waals surface area contributed by atoms with Crippen molar-refractivity contribution in [1.82, 2.24) is 0 Å². The number of hydrogen-bond donors (Lipinski definition) is 0. The van der Waals surface area contributed by atoms with Gasteiger partial charge >= 0.3 is 5.97 Å². The second-order valence-electron chi connectivity index (χ2n) is 4.74. The van der Waals surface area contributed by atoms with Gasteiger partial charge in [0.2, 0.25) is 0 Å². The van der Waals surface area contributed by atoms with Crippen molar-refractivity contribution in [3.8, 4) is 0 Å². The maximum absolute atomic E-state index is 11.8. The van der Waals surface area contributed by atoms with Crippen LogP contribution in [-0.4, -0.2) is 32.1 Å². The second-order valence-corrected chi connectivity index (χ2v) is 4.74. The van der Waals surface area contributed by atoms with E-state index < -0.39 is 0 Å². The first-order valence-corrected chi connectivity index (χ1v) is 7.63. The summed E-state index contributed by atoms with van der Waals surface area (Å²) in [6, 6.07) is 10.1. The Morgan fingerprint density at radius 2 is 1.62 bits per heavy atom. The summed E-state index contributed by atoms with van der Waals surface area (Å²) in [5.41, 5.74) is 1.16. The summed E-state index contributed by atoms with van der Waals surface area (Å²) < 4.78 is 16.4. The summed E-state index contributed by atoms with van der Waals surface area (Å²) in [5.74, 6) is -0.255. The van der Waals surface area contributed by atoms with Crippen molar-refractivity contribution in [3.05, 3.63) is 35.9 Å². The Morgan fingerprint density at radius 3 is 2.14 bits per heavy atom. The van der Waals surface area contributed by atoms with Gasteiger partial charge in [-0.2, -0.15) is 0 Å². The molecule has 21 heavy (non-hydrogen) atoms. The van der Waals surface area contributed by atoms with E-state index in [1.165, 1.54) is 0 Å². The zero-order valence-corrected chi connectivity index (χ0v) is 13.2. The summed E-state index contributed by atoms with van der Waals surface area (Å²) in [6.45, 7) is 7.17. The average Bonchev–Trinajstić information content (AvgIpc) is 2.48. The lowest BCUT2D eigenvalue weighted by Gasteiger charge is -2.26. The first-order valence-electron chi connectivity index (χ1n) is 7.63. The van der Waals surface area contributed by atoms with E-state index in [2.05, 4.69) is 0 Å². The molecular weight excluding hydrogens is 268 g/mol. The lowest BCUT2D eigenvalue weighted by Crippen LogP contribution is -2.31. The first kappa shape index (κ1) is 17.7. The molecule has 4 nitrogen and oxygen atoms in total. The van der Waals surface area contributed by atoms with E-state index in [0.29, 0.717) is 26.2 Å². The van der Waals surface area contributed by atoms with E-state index in [9.17, 15) is 4.79 Å². The third kappa shape index (κ3) is 6.74. The molecule has 1 rings (SSSR count). The second kappa shape index (κ2) is 10.4. The highest BCUT2D eigenvalue weighted by Gasteiger charge is 2.26. The van der Waals surface area contributed by atoms with E-state index in [0.717, 1.165) is 12.0 Å². The van der Waals surface area contributed by atoms with Gasteiger partial charge in [0.1, 0.15) is 0 Å². The highest BCUT2D eigenvalue weighted by atomic mass is 16.7. The van der Waals surface area contributed by atoms with Gasteiger partial charge in [-0.15, -0.1) is 0 Å². The number of benzene rings is 1. The first-order chi connectivity index (χ1) is 10.2. The standard InChI is InChI=1S/C17H26O4/c1-4-19-16(18)13-15(17(20-5-2)21-6-3)12-14-10-8-7-9-11-14/h7-11,15,17H,4-6,12-13H2,1-3H3. The molecule has 0 saturated carbocycles. The van der Waals surface area contributed by atoms with Crippen LogP contribution in [0.3, 0.4) is 0 Å². The lowest BCUT2D eigenvalue weighted by atomic mass is 9.95. The zero-order chi connectivity index (χ0) is 15.5. The van der Waals surface area contributed by atoms with Crippen LogP contribution in [0.5, 0.6) is 0 Å². The van der Waals surface area contributed by atoms with Crippen LogP contribution in [0.15, 0.2) is 30.3 Å². The predicted octanol–water partition coefficient (Wildman–Crippen LogP) is 3.20. The van der Waals surface area contributed by atoms with Gasteiger partial charge < -0.3 is 14.2 Å². The maximum atomic E-state index is 11.8. The Morgan fingerprint density at radius 1 is 1.00 bits per heavy atom. The molecule has 0 aliphatic carbocycles. The fraction of sp³-hybridized carbons (Fsp3) is 0.588. The SMILES string of the molecule is CCOC(=O)CC(Cc1ccccc1)C(OCC)OCC. The molecule has 0 saturated heterocycles. The van der Waals surface area contributed by atoms with Gasteiger partial charge in [-0.3, -0.25) is 4.79 Å². The molecule has 0 aromatic heterocycles. The van der Waals surface area contributed by atoms with E-state index in [1.807, 2.05) is 51.1 Å². The molecule has 0 amide bonds. The molecule has 118 valence electrons. The van der Waals surface area contributed by atoms with E-state index >= 15 is 0 Å².